The number of rotatable bonds is 2. The van der Waals surface area contributed by atoms with E-state index in [9.17, 15) is 0 Å². The van der Waals surface area contributed by atoms with Gasteiger partial charge in [-0.15, -0.1) is 0 Å². The molecule has 6 heteroatoms. The van der Waals surface area contributed by atoms with E-state index in [4.69, 9.17) is 23.2 Å². The summed E-state index contributed by atoms with van der Waals surface area (Å²) in [6, 6.07) is 5.55. The van der Waals surface area contributed by atoms with Gasteiger partial charge in [0.25, 0.3) is 0 Å². The van der Waals surface area contributed by atoms with E-state index in [1.54, 1.807) is 5.01 Å². The molecule has 2 rings (SSSR count). The standard InChI is InChI=1S/C9H11ClN4S/c10-6-1-2-7-8(5-6)15-13-9(3-4-11)14(7)12/h1-2,5H,3-4,11-12H2. The third-order valence-corrected chi connectivity index (χ3v) is 3.14. The Labute approximate surface area is 97.4 Å². The number of hydrogen-bond acceptors (Lipinski definition) is 5. The third-order valence-electron chi connectivity index (χ3n) is 2.08. The summed E-state index contributed by atoms with van der Waals surface area (Å²) in [5.74, 6) is 6.71. The summed E-state index contributed by atoms with van der Waals surface area (Å²) in [6.07, 6.45) is 0.672. The van der Waals surface area contributed by atoms with Crippen molar-refractivity contribution in [3.63, 3.8) is 0 Å². The van der Waals surface area contributed by atoms with Crippen LogP contribution in [0.3, 0.4) is 0 Å². The molecule has 0 amide bonds. The van der Waals surface area contributed by atoms with Crippen molar-refractivity contribution < 1.29 is 0 Å². The molecule has 4 nitrogen and oxygen atoms in total. The molecule has 0 fully saturated rings. The second-order valence-corrected chi connectivity index (χ2v) is 4.36. The van der Waals surface area contributed by atoms with Crippen molar-refractivity contribution in [3.05, 3.63) is 23.2 Å². The lowest BCUT2D eigenvalue weighted by Gasteiger charge is -2.25. The number of nitrogens with two attached hydrogens (primary N) is 2. The van der Waals surface area contributed by atoms with E-state index in [0.29, 0.717) is 18.0 Å². The van der Waals surface area contributed by atoms with E-state index in [0.717, 1.165) is 16.4 Å². The molecule has 1 aromatic carbocycles. The monoisotopic (exact) mass is 242 g/mol. The molecule has 1 aromatic rings. The van der Waals surface area contributed by atoms with Crippen molar-refractivity contribution in [2.45, 2.75) is 11.3 Å². The summed E-state index contributed by atoms with van der Waals surface area (Å²) in [7, 11) is 0. The summed E-state index contributed by atoms with van der Waals surface area (Å²) in [5, 5.41) is 2.25. The summed E-state index contributed by atoms with van der Waals surface area (Å²) in [6.45, 7) is 0.538. The molecule has 1 aliphatic heterocycles. The van der Waals surface area contributed by atoms with Gasteiger partial charge in [-0.2, -0.15) is 4.40 Å². The maximum Gasteiger partial charge on any atom is 0.133 e. The maximum atomic E-state index is 5.92. The zero-order valence-electron chi connectivity index (χ0n) is 7.98. The number of benzene rings is 1. The van der Waals surface area contributed by atoms with Crippen molar-refractivity contribution in [1.82, 2.24) is 0 Å². The molecule has 0 atom stereocenters. The molecule has 4 N–H and O–H groups in total. The van der Waals surface area contributed by atoms with Gasteiger partial charge < -0.3 is 5.73 Å². The first-order valence-corrected chi connectivity index (χ1v) is 5.66. The van der Waals surface area contributed by atoms with Crippen LogP contribution in [0.4, 0.5) is 5.69 Å². The number of hydrogen-bond donors (Lipinski definition) is 2. The molecule has 0 aliphatic carbocycles. The molecule has 0 spiro atoms. The quantitative estimate of drug-likeness (QED) is 0.613. The molecule has 1 heterocycles. The third kappa shape index (κ3) is 2.10. The molecule has 1 aliphatic rings. The molecular weight excluding hydrogens is 232 g/mol. The molecule has 0 bridgehead atoms. The van der Waals surface area contributed by atoms with Gasteiger partial charge in [-0.3, -0.25) is 5.01 Å². The van der Waals surface area contributed by atoms with Gasteiger partial charge >= 0.3 is 0 Å². The van der Waals surface area contributed by atoms with Gasteiger partial charge in [0.05, 0.1) is 10.6 Å². The predicted octanol–water partition coefficient (Wildman–Crippen LogP) is 1.79. The molecular formula is C9H11ClN4S. The van der Waals surface area contributed by atoms with E-state index >= 15 is 0 Å². The fourth-order valence-corrected chi connectivity index (χ4v) is 2.40. The van der Waals surface area contributed by atoms with Crippen LogP contribution in [0.15, 0.2) is 27.5 Å². The highest BCUT2D eigenvalue weighted by molar-refractivity contribution is 7.98. The first kappa shape index (κ1) is 10.8. The number of hydrazine groups is 1. The summed E-state index contributed by atoms with van der Waals surface area (Å²) in [4.78, 5) is 0.964. The van der Waals surface area contributed by atoms with E-state index < -0.39 is 0 Å². The van der Waals surface area contributed by atoms with Crippen molar-refractivity contribution in [2.75, 3.05) is 11.6 Å². The van der Waals surface area contributed by atoms with Crippen molar-refractivity contribution >= 4 is 35.1 Å². The lowest BCUT2D eigenvalue weighted by molar-refractivity contribution is 0.977. The van der Waals surface area contributed by atoms with Crippen LogP contribution >= 0.6 is 23.5 Å². The Morgan fingerprint density at radius 2 is 2.27 bits per heavy atom. The van der Waals surface area contributed by atoms with Crippen molar-refractivity contribution in [2.24, 2.45) is 16.0 Å². The maximum absolute atomic E-state index is 5.92. The number of anilines is 1. The molecule has 0 radical (unpaired) electrons. The van der Waals surface area contributed by atoms with Gasteiger partial charge in [0, 0.05) is 23.4 Å². The van der Waals surface area contributed by atoms with Crippen LogP contribution in [0.1, 0.15) is 6.42 Å². The predicted molar refractivity (Wildman–Crippen MR) is 65.1 cm³/mol. The average Bonchev–Trinajstić information content (AvgIpc) is 2.22. The van der Waals surface area contributed by atoms with E-state index in [1.807, 2.05) is 18.2 Å². The fraction of sp³-hybridized carbons (Fsp3) is 0.222. The first-order valence-electron chi connectivity index (χ1n) is 4.50. The Hall–Kier alpha value is -0.750. The molecule has 0 unspecified atom stereocenters. The SMILES string of the molecule is NCCC1=NSc2cc(Cl)ccc2N1N. The topological polar surface area (TPSA) is 67.6 Å². The molecule has 0 aromatic heterocycles. The minimum Gasteiger partial charge on any atom is -0.330 e. The van der Waals surface area contributed by atoms with Gasteiger partial charge in [-0.05, 0) is 24.7 Å². The van der Waals surface area contributed by atoms with Crippen LogP contribution in [0.25, 0.3) is 0 Å². The Morgan fingerprint density at radius 1 is 1.47 bits per heavy atom. The zero-order chi connectivity index (χ0) is 10.8. The largest absolute Gasteiger partial charge is 0.330 e. The smallest absolute Gasteiger partial charge is 0.133 e. The average molecular weight is 243 g/mol. The number of nitrogens with zero attached hydrogens (tertiary/aromatic N) is 2. The van der Waals surface area contributed by atoms with E-state index in [2.05, 4.69) is 4.40 Å². The van der Waals surface area contributed by atoms with Crippen LogP contribution in [0.2, 0.25) is 5.02 Å². The number of amidine groups is 1. The Bertz CT molecular complexity index is 407. The van der Waals surface area contributed by atoms with Crippen molar-refractivity contribution in [1.29, 1.82) is 0 Å². The number of fused-ring (bicyclic) bond motifs is 1. The highest BCUT2D eigenvalue weighted by Crippen LogP contribution is 2.36. The highest BCUT2D eigenvalue weighted by Gasteiger charge is 2.18. The van der Waals surface area contributed by atoms with Gasteiger partial charge in [0.2, 0.25) is 0 Å². The van der Waals surface area contributed by atoms with Crippen LogP contribution in [-0.2, 0) is 0 Å². The molecule has 0 saturated heterocycles. The zero-order valence-corrected chi connectivity index (χ0v) is 9.55. The Balaban J connectivity index is 2.32. The molecule has 0 saturated carbocycles. The first-order chi connectivity index (χ1) is 7.22. The van der Waals surface area contributed by atoms with Crippen LogP contribution in [0.5, 0.6) is 0 Å². The second-order valence-electron chi connectivity index (χ2n) is 3.12. The van der Waals surface area contributed by atoms with E-state index in [1.165, 1.54) is 11.9 Å². The van der Waals surface area contributed by atoms with Crippen LogP contribution in [-0.4, -0.2) is 12.4 Å². The summed E-state index contributed by atoms with van der Waals surface area (Å²) in [5.41, 5.74) is 6.39. The highest BCUT2D eigenvalue weighted by atomic mass is 35.5. The van der Waals surface area contributed by atoms with E-state index in [-0.39, 0.29) is 0 Å². The molecule has 80 valence electrons. The van der Waals surface area contributed by atoms with Crippen LogP contribution < -0.4 is 16.6 Å². The molecule has 15 heavy (non-hydrogen) atoms. The summed E-state index contributed by atoms with van der Waals surface area (Å²) >= 11 is 7.26. The number of halogens is 1. The normalized spacial score (nSPS) is 14.9. The Morgan fingerprint density at radius 3 is 3.00 bits per heavy atom. The Kier molecular flexibility index (Phi) is 3.16. The minimum absolute atomic E-state index is 0.538. The fourth-order valence-electron chi connectivity index (χ4n) is 1.34. The van der Waals surface area contributed by atoms with Crippen LogP contribution in [0, 0.1) is 0 Å². The van der Waals surface area contributed by atoms with Gasteiger partial charge in [0.15, 0.2) is 0 Å². The second kappa shape index (κ2) is 4.40. The van der Waals surface area contributed by atoms with Gasteiger partial charge in [-0.25, -0.2) is 5.84 Å². The van der Waals surface area contributed by atoms with Gasteiger partial charge in [0.1, 0.15) is 5.84 Å². The lowest BCUT2D eigenvalue weighted by Crippen LogP contribution is -2.40. The van der Waals surface area contributed by atoms with Gasteiger partial charge in [-0.1, -0.05) is 11.6 Å². The van der Waals surface area contributed by atoms with Crippen molar-refractivity contribution in [3.8, 4) is 0 Å². The summed E-state index contributed by atoms with van der Waals surface area (Å²) < 4.78 is 4.28. The minimum atomic E-state index is 0.538. The lowest BCUT2D eigenvalue weighted by atomic mass is 10.3.